The first kappa shape index (κ1) is 12.0. The van der Waals surface area contributed by atoms with Gasteiger partial charge in [-0.25, -0.2) is 0 Å². The molecule has 2 atom stereocenters. The van der Waals surface area contributed by atoms with E-state index in [1.807, 2.05) is 18.7 Å². The number of halogens is 1. The van der Waals surface area contributed by atoms with Crippen LogP contribution in [0.25, 0.3) is 0 Å². The zero-order valence-electron chi connectivity index (χ0n) is 8.83. The number of alkyl halides is 1. The minimum absolute atomic E-state index is 0.0789. The molecule has 1 saturated heterocycles. The fourth-order valence-corrected chi connectivity index (χ4v) is 1.96. The van der Waals surface area contributed by atoms with E-state index >= 15 is 0 Å². The molecule has 0 saturated carbocycles. The molecule has 0 aromatic rings. The van der Waals surface area contributed by atoms with Crippen LogP contribution in [0.1, 0.15) is 20.3 Å². The Morgan fingerprint density at radius 3 is 2.86 bits per heavy atom. The normalized spacial score (nSPS) is 23.5. The van der Waals surface area contributed by atoms with E-state index in [0.29, 0.717) is 5.92 Å². The van der Waals surface area contributed by atoms with Gasteiger partial charge in [0, 0.05) is 25.6 Å². The topological polar surface area (TPSA) is 29.5 Å². The third kappa shape index (κ3) is 3.24. The SMILES string of the molecule is CCN(CC1CCOC1)C(=O)C(C)Br. The molecule has 2 unspecified atom stereocenters. The monoisotopic (exact) mass is 263 g/mol. The first-order chi connectivity index (χ1) is 6.65. The van der Waals surface area contributed by atoms with E-state index < -0.39 is 0 Å². The third-order valence-corrected chi connectivity index (χ3v) is 2.93. The highest BCUT2D eigenvalue weighted by Crippen LogP contribution is 2.15. The van der Waals surface area contributed by atoms with Crippen LogP contribution in [-0.2, 0) is 9.53 Å². The van der Waals surface area contributed by atoms with Gasteiger partial charge in [0.1, 0.15) is 0 Å². The molecule has 0 bridgehead atoms. The maximum absolute atomic E-state index is 11.7. The zero-order valence-corrected chi connectivity index (χ0v) is 10.4. The maximum Gasteiger partial charge on any atom is 0.236 e. The van der Waals surface area contributed by atoms with Crippen LogP contribution in [0.4, 0.5) is 0 Å². The smallest absolute Gasteiger partial charge is 0.236 e. The molecule has 3 nitrogen and oxygen atoms in total. The highest BCUT2D eigenvalue weighted by molar-refractivity contribution is 9.10. The summed E-state index contributed by atoms with van der Waals surface area (Å²) >= 11 is 3.31. The van der Waals surface area contributed by atoms with E-state index in [2.05, 4.69) is 15.9 Å². The van der Waals surface area contributed by atoms with Crippen molar-refractivity contribution < 1.29 is 9.53 Å². The number of hydrogen-bond donors (Lipinski definition) is 0. The minimum Gasteiger partial charge on any atom is -0.381 e. The van der Waals surface area contributed by atoms with Crippen molar-refractivity contribution in [1.82, 2.24) is 4.90 Å². The lowest BCUT2D eigenvalue weighted by molar-refractivity contribution is -0.130. The standard InChI is InChI=1S/C10H18BrNO2/c1-3-12(10(13)8(2)11)6-9-4-5-14-7-9/h8-9H,3-7H2,1-2H3. The molecule has 0 aromatic carbocycles. The van der Waals surface area contributed by atoms with Crippen molar-refractivity contribution in [2.45, 2.75) is 25.1 Å². The lowest BCUT2D eigenvalue weighted by atomic mass is 10.1. The van der Waals surface area contributed by atoms with E-state index in [-0.39, 0.29) is 10.7 Å². The first-order valence-electron chi connectivity index (χ1n) is 5.15. The Bertz CT molecular complexity index is 191. The van der Waals surface area contributed by atoms with Crippen LogP contribution in [0.15, 0.2) is 0 Å². The van der Waals surface area contributed by atoms with E-state index in [0.717, 1.165) is 32.7 Å². The first-order valence-corrected chi connectivity index (χ1v) is 6.07. The number of amides is 1. The van der Waals surface area contributed by atoms with Crippen molar-refractivity contribution in [3.63, 3.8) is 0 Å². The Labute approximate surface area is 93.9 Å². The maximum atomic E-state index is 11.7. The summed E-state index contributed by atoms with van der Waals surface area (Å²) < 4.78 is 5.29. The molecule has 0 spiro atoms. The molecular weight excluding hydrogens is 246 g/mol. The van der Waals surface area contributed by atoms with Gasteiger partial charge in [0.05, 0.1) is 11.4 Å². The lowest BCUT2D eigenvalue weighted by Gasteiger charge is -2.24. The van der Waals surface area contributed by atoms with Gasteiger partial charge in [-0.3, -0.25) is 4.79 Å². The summed E-state index contributed by atoms with van der Waals surface area (Å²) in [5.41, 5.74) is 0. The second-order valence-electron chi connectivity index (χ2n) is 3.72. The van der Waals surface area contributed by atoms with E-state index in [4.69, 9.17) is 4.74 Å². The Hall–Kier alpha value is -0.0900. The predicted octanol–water partition coefficient (Wildman–Crippen LogP) is 1.65. The highest BCUT2D eigenvalue weighted by atomic mass is 79.9. The van der Waals surface area contributed by atoms with Crippen LogP contribution in [0.5, 0.6) is 0 Å². The van der Waals surface area contributed by atoms with Gasteiger partial charge in [0.2, 0.25) is 5.91 Å². The van der Waals surface area contributed by atoms with Gasteiger partial charge in [0.25, 0.3) is 0 Å². The lowest BCUT2D eigenvalue weighted by Crippen LogP contribution is -2.39. The van der Waals surface area contributed by atoms with Crippen LogP contribution in [0, 0.1) is 5.92 Å². The summed E-state index contributed by atoms with van der Waals surface area (Å²) in [5, 5.41) is 0. The van der Waals surface area contributed by atoms with E-state index in [1.165, 1.54) is 0 Å². The second-order valence-corrected chi connectivity index (χ2v) is 5.10. The Morgan fingerprint density at radius 2 is 2.43 bits per heavy atom. The molecule has 1 fully saturated rings. The van der Waals surface area contributed by atoms with Gasteiger partial charge < -0.3 is 9.64 Å². The molecule has 82 valence electrons. The van der Waals surface area contributed by atoms with Gasteiger partial charge in [0.15, 0.2) is 0 Å². The number of carbonyl (C=O) groups is 1. The van der Waals surface area contributed by atoms with Crippen LogP contribution >= 0.6 is 15.9 Å². The summed E-state index contributed by atoms with van der Waals surface area (Å²) in [5.74, 6) is 0.713. The largest absolute Gasteiger partial charge is 0.381 e. The molecule has 4 heteroatoms. The Kier molecular flexibility index (Phi) is 4.89. The third-order valence-electron chi connectivity index (χ3n) is 2.54. The van der Waals surface area contributed by atoms with E-state index in [1.54, 1.807) is 0 Å². The van der Waals surface area contributed by atoms with Crippen molar-refractivity contribution in [2.24, 2.45) is 5.92 Å². The number of carbonyl (C=O) groups excluding carboxylic acids is 1. The van der Waals surface area contributed by atoms with Crippen molar-refractivity contribution in [3.8, 4) is 0 Å². The molecule has 1 amide bonds. The fourth-order valence-electron chi connectivity index (χ4n) is 1.67. The molecule has 1 aliphatic heterocycles. The van der Waals surface area contributed by atoms with Gasteiger partial charge in [-0.2, -0.15) is 0 Å². The molecule has 0 N–H and O–H groups in total. The summed E-state index contributed by atoms with van der Waals surface area (Å²) in [6, 6.07) is 0. The van der Waals surface area contributed by atoms with Crippen LogP contribution in [0.2, 0.25) is 0 Å². The molecule has 0 aliphatic carbocycles. The summed E-state index contributed by atoms with van der Waals surface area (Å²) in [4.78, 5) is 13.5. The van der Waals surface area contributed by atoms with Gasteiger partial charge in [-0.15, -0.1) is 0 Å². The quantitative estimate of drug-likeness (QED) is 0.723. The van der Waals surface area contributed by atoms with Crippen molar-refractivity contribution in [2.75, 3.05) is 26.3 Å². The van der Waals surface area contributed by atoms with Gasteiger partial charge in [-0.05, 0) is 20.3 Å². The number of hydrogen-bond acceptors (Lipinski definition) is 2. The van der Waals surface area contributed by atoms with Crippen LogP contribution in [-0.4, -0.2) is 41.9 Å². The predicted molar refractivity (Wildman–Crippen MR) is 59.6 cm³/mol. The molecule has 1 rings (SSSR count). The molecule has 14 heavy (non-hydrogen) atoms. The van der Waals surface area contributed by atoms with Gasteiger partial charge >= 0.3 is 0 Å². The summed E-state index contributed by atoms with van der Waals surface area (Å²) in [6.07, 6.45) is 1.08. The average Bonchev–Trinajstić information content (AvgIpc) is 2.65. The van der Waals surface area contributed by atoms with Crippen molar-refractivity contribution in [3.05, 3.63) is 0 Å². The second kappa shape index (κ2) is 5.71. The van der Waals surface area contributed by atoms with E-state index in [9.17, 15) is 4.79 Å². The molecule has 0 aromatic heterocycles. The van der Waals surface area contributed by atoms with Crippen molar-refractivity contribution >= 4 is 21.8 Å². The molecule has 1 heterocycles. The number of ether oxygens (including phenoxy) is 1. The average molecular weight is 264 g/mol. The summed E-state index contributed by atoms with van der Waals surface area (Å²) in [7, 11) is 0. The fraction of sp³-hybridized carbons (Fsp3) is 0.900. The highest BCUT2D eigenvalue weighted by Gasteiger charge is 2.23. The Balaban J connectivity index is 2.41. The number of nitrogens with zero attached hydrogens (tertiary/aromatic N) is 1. The summed E-state index contributed by atoms with van der Waals surface area (Å²) in [6.45, 7) is 7.16. The Morgan fingerprint density at radius 1 is 1.71 bits per heavy atom. The van der Waals surface area contributed by atoms with Gasteiger partial charge in [-0.1, -0.05) is 15.9 Å². The number of rotatable bonds is 4. The van der Waals surface area contributed by atoms with Crippen LogP contribution in [0.3, 0.4) is 0 Å². The van der Waals surface area contributed by atoms with Crippen LogP contribution < -0.4 is 0 Å². The van der Waals surface area contributed by atoms with Crippen molar-refractivity contribution in [1.29, 1.82) is 0 Å². The molecule has 1 aliphatic rings. The molecule has 0 radical (unpaired) electrons. The zero-order chi connectivity index (χ0) is 10.6. The minimum atomic E-state index is -0.0789. The molecular formula is C10H18BrNO2.